The number of halogens is 1. The van der Waals surface area contributed by atoms with E-state index in [-0.39, 0.29) is 11.8 Å². The summed E-state index contributed by atoms with van der Waals surface area (Å²) < 4.78 is 37.0. The molecule has 3 heterocycles. The van der Waals surface area contributed by atoms with E-state index in [1.54, 1.807) is 26.0 Å². The summed E-state index contributed by atoms with van der Waals surface area (Å²) in [5.41, 5.74) is 6.15. The lowest BCUT2D eigenvalue weighted by Crippen LogP contribution is -2.28. The first-order valence-electron chi connectivity index (χ1n) is 16.5. The Balaban J connectivity index is 0.000000228. The Morgan fingerprint density at radius 3 is 2.32 bits per heavy atom. The number of aliphatic carboxylic acids is 1. The minimum Gasteiger partial charge on any atom is -0.479 e. The Labute approximate surface area is 289 Å². The topological polar surface area (TPSA) is 129 Å². The van der Waals surface area contributed by atoms with Gasteiger partial charge in [-0.15, -0.1) is 0 Å². The number of aromatic amines is 1. The van der Waals surface area contributed by atoms with Gasteiger partial charge >= 0.3 is 11.9 Å². The van der Waals surface area contributed by atoms with Crippen LogP contribution in [0.1, 0.15) is 42.0 Å². The van der Waals surface area contributed by atoms with E-state index in [9.17, 15) is 19.1 Å². The first kappa shape index (κ1) is 36.0. The molecule has 6 aromatic rings. The standard InChI is InChI=1S/C25H25FN2O4.C14H17NO3/c1-4-31-23(25(29)30)13-17-5-8-22-18(12-17)9-10-28(22)14-21-16(3)32-24(27-21)19-6-7-20(26)15(2)11-19;1-3-18-13(14(16)17-2)9-10-4-5-12-11(8-10)6-7-15-12/h5-12,23H,4,13-14H2,1-3H3,(H,29,30);4-8,13,15H,3,9H2,1-2H3/t23-;13-/m00/s1. The van der Waals surface area contributed by atoms with Crippen molar-refractivity contribution in [2.75, 3.05) is 20.3 Å². The molecule has 2 atom stereocenters. The number of carboxylic acids is 1. The van der Waals surface area contributed by atoms with Gasteiger partial charge in [0.1, 0.15) is 17.3 Å². The van der Waals surface area contributed by atoms with Crippen LogP contribution >= 0.6 is 0 Å². The molecule has 50 heavy (non-hydrogen) atoms. The van der Waals surface area contributed by atoms with Crippen LogP contribution in [-0.2, 0) is 43.2 Å². The number of hydrogen-bond acceptors (Lipinski definition) is 7. The lowest BCUT2D eigenvalue weighted by atomic mass is 10.1. The van der Waals surface area contributed by atoms with Crippen LogP contribution in [0.25, 0.3) is 33.3 Å². The number of carbonyl (C=O) groups is 2. The molecule has 0 amide bonds. The SMILES string of the molecule is CCO[C@@H](Cc1ccc2[nH]ccc2c1)C(=O)OC.CCO[C@@H](Cc1ccc2c(ccn2Cc2nc(-c3ccc(F)c(C)c3)oc2C)c1)C(=O)O. The summed E-state index contributed by atoms with van der Waals surface area (Å²) in [6.45, 7) is 8.60. The maximum absolute atomic E-state index is 13.6. The molecule has 0 aliphatic rings. The number of fused-ring (bicyclic) bond motifs is 2. The van der Waals surface area contributed by atoms with Crippen molar-refractivity contribution in [3.63, 3.8) is 0 Å². The normalized spacial score (nSPS) is 12.4. The number of hydrogen-bond donors (Lipinski definition) is 2. The summed E-state index contributed by atoms with van der Waals surface area (Å²) in [4.78, 5) is 30.7. The Kier molecular flexibility index (Phi) is 11.8. The van der Waals surface area contributed by atoms with E-state index < -0.39 is 18.2 Å². The Hall–Kier alpha value is -5.26. The van der Waals surface area contributed by atoms with Crippen molar-refractivity contribution in [2.24, 2.45) is 0 Å². The Morgan fingerprint density at radius 1 is 0.920 bits per heavy atom. The molecule has 0 bridgehead atoms. The zero-order chi connectivity index (χ0) is 35.8. The van der Waals surface area contributed by atoms with E-state index in [1.165, 1.54) is 13.2 Å². The minimum absolute atomic E-state index is 0.258. The van der Waals surface area contributed by atoms with Gasteiger partial charge in [0.05, 0.1) is 13.7 Å². The van der Waals surface area contributed by atoms with Crippen LogP contribution in [0, 0.1) is 19.7 Å². The molecule has 0 saturated carbocycles. The van der Waals surface area contributed by atoms with Gasteiger partial charge in [-0.1, -0.05) is 12.1 Å². The van der Waals surface area contributed by atoms with Crippen molar-refractivity contribution >= 4 is 33.7 Å². The van der Waals surface area contributed by atoms with Crippen LogP contribution in [-0.4, -0.2) is 64.1 Å². The van der Waals surface area contributed by atoms with Crippen LogP contribution < -0.4 is 0 Å². The number of methoxy groups -OCH3 is 1. The predicted octanol–water partition coefficient (Wildman–Crippen LogP) is 7.42. The first-order valence-corrected chi connectivity index (χ1v) is 16.5. The average molecular weight is 684 g/mol. The van der Waals surface area contributed by atoms with Crippen molar-refractivity contribution in [3.8, 4) is 11.5 Å². The third-order valence-electron chi connectivity index (χ3n) is 8.39. The molecule has 0 fully saturated rings. The van der Waals surface area contributed by atoms with Gasteiger partial charge in [-0.25, -0.2) is 19.0 Å². The van der Waals surface area contributed by atoms with E-state index >= 15 is 0 Å². The number of ether oxygens (including phenoxy) is 3. The second-order valence-corrected chi connectivity index (χ2v) is 11.9. The monoisotopic (exact) mass is 683 g/mol. The van der Waals surface area contributed by atoms with Crippen LogP contribution in [0.15, 0.2) is 83.5 Å². The fourth-order valence-corrected chi connectivity index (χ4v) is 5.77. The number of rotatable bonds is 13. The summed E-state index contributed by atoms with van der Waals surface area (Å²) in [5.74, 6) is -0.369. The molecule has 2 N–H and O–H groups in total. The second-order valence-electron chi connectivity index (χ2n) is 11.9. The molecular weight excluding hydrogens is 641 g/mol. The molecule has 11 heteroatoms. The third-order valence-corrected chi connectivity index (χ3v) is 8.39. The van der Waals surface area contributed by atoms with E-state index in [1.807, 2.05) is 68.7 Å². The Bertz CT molecular complexity index is 2080. The largest absolute Gasteiger partial charge is 0.479 e. The molecule has 6 rings (SSSR count). The smallest absolute Gasteiger partial charge is 0.335 e. The summed E-state index contributed by atoms with van der Waals surface area (Å²) in [6.07, 6.45) is 3.33. The molecular formula is C39H42FN3O7. The maximum Gasteiger partial charge on any atom is 0.335 e. The molecule has 10 nitrogen and oxygen atoms in total. The second kappa shape index (κ2) is 16.4. The number of aryl methyl sites for hydroxylation is 2. The highest BCUT2D eigenvalue weighted by molar-refractivity contribution is 5.82. The zero-order valence-electron chi connectivity index (χ0n) is 28.9. The molecule has 0 saturated heterocycles. The van der Waals surface area contributed by atoms with Crippen molar-refractivity contribution in [1.29, 1.82) is 0 Å². The number of carboxylic acid groups (broad SMARTS) is 1. The highest BCUT2D eigenvalue weighted by Crippen LogP contribution is 2.26. The first-order chi connectivity index (χ1) is 24.1. The van der Waals surface area contributed by atoms with E-state index in [4.69, 9.17) is 18.6 Å². The van der Waals surface area contributed by atoms with Crippen molar-refractivity contribution in [1.82, 2.24) is 14.5 Å². The zero-order valence-corrected chi connectivity index (χ0v) is 28.9. The summed E-state index contributed by atoms with van der Waals surface area (Å²) in [7, 11) is 1.38. The summed E-state index contributed by atoms with van der Waals surface area (Å²) >= 11 is 0. The van der Waals surface area contributed by atoms with E-state index in [2.05, 4.69) is 20.6 Å². The third kappa shape index (κ3) is 8.66. The van der Waals surface area contributed by atoms with E-state index in [0.717, 1.165) is 44.2 Å². The van der Waals surface area contributed by atoms with Gasteiger partial charge < -0.3 is 33.3 Å². The number of carbonyl (C=O) groups excluding carboxylic acids is 1. The summed E-state index contributed by atoms with van der Waals surface area (Å²) in [6, 6.07) is 20.8. The van der Waals surface area contributed by atoms with Crippen LogP contribution in [0.4, 0.5) is 4.39 Å². The molecule has 0 aliphatic heterocycles. The lowest BCUT2D eigenvalue weighted by Gasteiger charge is -2.14. The summed E-state index contributed by atoms with van der Waals surface area (Å²) in [5, 5.41) is 11.5. The predicted molar refractivity (Wildman–Crippen MR) is 189 cm³/mol. The van der Waals surface area contributed by atoms with Crippen molar-refractivity contribution in [2.45, 2.75) is 59.3 Å². The fraction of sp³-hybridized carbons (Fsp3) is 0.308. The fourth-order valence-electron chi connectivity index (χ4n) is 5.77. The highest BCUT2D eigenvalue weighted by Gasteiger charge is 2.21. The number of nitrogens with one attached hydrogen (secondary N) is 1. The van der Waals surface area contributed by atoms with Gasteiger partial charge in [0, 0.05) is 55.0 Å². The molecule has 0 aliphatic carbocycles. The number of H-pyrrole nitrogens is 1. The lowest BCUT2D eigenvalue weighted by molar-refractivity contribution is -0.153. The average Bonchev–Trinajstić information content (AvgIpc) is 3.84. The van der Waals surface area contributed by atoms with Crippen LogP contribution in [0.3, 0.4) is 0 Å². The van der Waals surface area contributed by atoms with Gasteiger partial charge in [-0.3, -0.25) is 0 Å². The number of benzene rings is 3. The number of oxazole rings is 1. The Morgan fingerprint density at radius 2 is 1.62 bits per heavy atom. The molecule has 0 radical (unpaired) electrons. The molecule has 0 unspecified atom stereocenters. The molecule has 3 aromatic heterocycles. The quantitative estimate of drug-likeness (QED) is 0.120. The minimum atomic E-state index is -0.960. The highest BCUT2D eigenvalue weighted by atomic mass is 19.1. The van der Waals surface area contributed by atoms with Gasteiger partial charge in [-0.2, -0.15) is 0 Å². The van der Waals surface area contributed by atoms with Crippen molar-refractivity contribution in [3.05, 3.63) is 113 Å². The van der Waals surface area contributed by atoms with Crippen LogP contribution in [0.2, 0.25) is 0 Å². The van der Waals surface area contributed by atoms with Crippen molar-refractivity contribution < 1.29 is 37.7 Å². The maximum atomic E-state index is 13.6. The molecule has 262 valence electrons. The van der Waals surface area contributed by atoms with Gasteiger partial charge in [0.15, 0.2) is 12.2 Å². The number of aromatic nitrogens is 3. The van der Waals surface area contributed by atoms with Gasteiger partial charge in [-0.05, 0) is 110 Å². The van der Waals surface area contributed by atoms with Crippen LogP contribution in [0.5, 0.6) is 0 Å². The molecule has 3 aromatic carbocycles. The number of esters is 1. The van der Waals surface area contributed by atoms with Gasteiger partial charge in [0.25, 0.3) is 0 Å². The number of nitrogens with zero attached hydrogens (tertiary/aromatic N) is 2. The molecule has 0 spiro atoms. The van der Waals surface area contributed by atoms with Gasteiger partial charge in [0.2, 0.25) is 5.89 Å². The van der Waals surface area contributed by atoms with E-state index in [0.29, 0.717) is 49.8 Å².